The summed E-state index contributed by atoms with van der Waals surface area (Å²) in [5.41, 5.74) is 2.13. The fraction of sp³-hybridized carbons (Fsp3) is 0.562. The topological polar surface area (TPSA) is 50.4 Å². The second-order valence-electron chi connectivity index (χ2n) is 5.38. The third-order valence-corrected chi connectivity index (χ3v) is 4.08. The van der Waals surface area contributed by atoms with Gasteiger partial charge in [0.1, 0.15) is 5.75 Å². The van der Waals surface area contributed by atoms with E-state index in [2.05, 4.69) is 39.6 Å². The summed E-state index contributed by atoms with van der Waals surface area (Å²) in [6.45, 7) is 6.48. The molecule has 0 radical (unpaired) electrons. The van der Waals surface area contributed by atoms with Crippen LogP contribution in [0.2, 0.25) is 0 Å². The fourth-order valence-corrected chi connectivity index (χ4v) is 3.14. The van der Waals surface area contributed by atoms with Gasteiger partial charge in [0, 0.05) is 23.1 Å². The van der Waals surface area contributed by atoms with Crippen molar-refractivity contribution in [2.45, 2.75) is 45.8 Å². The Labute approximate surface area is 134 Å². The number of benzene rings is 1. The van der Waals surface area contributed by atoms with E-state index in [0.29, 0.717) is 0 Å². The van der Waals surface area contributed by atoms with Gasteiger partial charge in [0.05, 0.1) is 0 Å². The van der Waals surface area contributed by atoms with Crippen LogP contribution in [-0.2, 0) is 11.3 Å². The monoisotopic (exact) mass is 354 g/mol. The summed E-state index contributed by atoms with van der Waals surface area (Å²) in [4.78, 5) is 12.1. The van der Waals surface area contributed by atoms with Crippen LogP contribution in [0.4, 0.5) is 0 Å². The average molecular weight is 355 g/mol. The van der Waals surface area contributed by atoms with Gasteiger partial charge in [0.2, 0.25) is 0 Å². The van der Waals surface area contributed by atoms with Crippen LogP contribution in [0.5, 0.6) is 5.75 Å². The molecule has 0 aliphatic carbocycles. The molecule has 4 nitrogen and oxygen atoms in total. The lowest BCUT2D eigenvalue weighted by Gasteiger charge is -2.21. The van der Waals surface area contributed by atoms with Gasteiger partial charge in [-0.25, -0.2) is 0 Å². The van der Waals surface area contributed by atoms with E-state index in [1.165, 1.54) is 0 Å². The molecule has 1 heterocycles. The number of nitrogens with one attached hydrogen (secondary N) is 2. The lowest BCUT2D eigenvalue weighted by molar-refractivity contribution is -0.127. The Morgan fingerprint density at radius 1 is 1.43 bits per heavy atom. The zero-order valence-corrected chi connectivity index (χ0v) is 14.3. The first-order valence-corrected chi connectivity index (χ1v) is 8.35. The Bertz CT molecular complexity index is 505. The highest BCUT2D eigenvalue weighted by Crippen LogP contribution is 2.30. The third kappa shape index (κ3) is 4.45. The maximum Gasteiger partial charge on any atom is 0.261 e. The zero-order valence-electron chi connectivity index (χ0n) is 12.7. The van der Waals surface area contributed by atoms with Crippen LogP contribution >= 0.6 is 15.9 Å². The molecule has 0 spiro atoms. The van der Waals surface area contributed by atoms with Gasteiger partial charge in [-0.15, -0.1) is 0 Å². The molecule has 21 heavy (non-hydrogen) atoms. The van der Waals surface area contributed by atoms with Gasteiger partial charge >= 0.3 is 0 Å². The molecule has 2 rings (SSSR count). The van der Waals surface area contributed by atoms with E-state index < -0.39 is 0 Å². The minimum Gasteiger partial charge on any atom is -0.480 e. The third-order valence-electron chi connectivity index (χ3n) is 3.63. The predicted octanol–water partition coefficient (Wildman–Crippen LogP) is 2.91. The van der Waals surface area contributed by atoms with Crippen LogP contribution in [-0.4, -0.2) is 25.1 Å². The maximum atomic E-state index is 12.1. The van der Waals surface area contributed by atoms with E-state index in [9.17, 15) is 4.79 Å². The number of carbonyl (C=O) groups is 1. The normalized spacial score (nSPS) is 19.0. The molecule has 1 saturated heterocycles. The van der Waals surface area contributed by atoms with Crippen molar-refractivity contribution >= 4 is 21.8 Å². The SMILES string of the molecule is CCNCc1cc(Br)cc(C)c1OC1CCCCNC1=O. The second kappa shape index (κ2) is 7.80. The van der Waals surface area contributed by atoms with Crippen molar-refractivity contribution in [3.63, 3.8) is 0 Å². The van der Waals surface area contributed by atoms with E-state index in [4.69, 9.17) is 4.74 Å². The van der Waals surface area contributed by atoms with Crippen molar-refractivity contribution in [3.05, 3.63) is 27.7 Å². The van der Waals surface area contributed by atoms with E-state index in [0.717, 1.165) is 60.2 Å². The molecule has 1 aromatic carbocycles. The largest absolute Gasteiger partial charge is 0.480 e. The fourth-order valence-electron chi connectivity index (χ4n) is 2.52. The summed E-state index contributed by atoms with van der Waals surface area (Å²) in [5, 5.41) is 6.24. The van der Waals surface area contributed by atoms with Crippen molar-refractivity contribution in [2.24, 2.45) is 0 Å². The molecule has 1 atom stereocenters. The lowest BCUT2D eigenvalue weighted by Crippen LogP contribution is -2.37. The quantitative estimate of drug-likeness (QED) is 0.854. The Morgan fingerprint density at radius 2 is 2.24 bits per heavy atom. The second-order valence-corrected chi connectivity index (χ2v) is 6.30. The standard InChI is InChI=1S/C16H23BrN2O2/c1-3-18-10-12-9-13(17)8-11(2)15(12)21-14-6-4-5-7-19-16(14)20/h8-9,14,18H,3-7,10H2,1-2H3,(H,19,20). The molecule has 1 unspecified atom stereocenters. The molecule has 1 amide bonds. The molecule has 0 aromatic heterocycles. The van der Waals surface area contributed by atoms with Crippen molar-refractivity contribution in [3.8, 4) is 5.75 Å². The van der Waals surface area contributed by atoms with Gasteiger partial charge in [0.25, 0.3) is 5.91 Å². The number of hydrogen-bond acceptors (Lipinski definition) is 3. The number of ether oxygens (including phenoxy) is 1. The summed E-state index contributed by atoms with van der Waals surface area (Å²) < 4.78 is 7.12. The van der Waals surface area contributed by atoms with Crippen LogP contribution < -0.4 is 15.4 Å². The molecular weight excluding hydrogens is 332 g/mol. The molecule has 0 saturated carbocycles. The molecule has 5 heteroatoms. The summed E-state index contributed by atoms with van der Waals surface area (Å²) >= 11 is 3.53. The number of carbonyl (C=O) groups excluding carboxylic acids is 1. The highest BCUT2D eigenvalue weighted by atomic mass is 79.9. The first-order valence-electron chi connectivity index (χ1n) is 7.56. The summed E-state index contributed by atoms with van der Waals surface area (Å²) in [6.07, 6.45) is 2.44. The maximum absolute atomic E-state index is 12.1. The number of amides is 1. The van der Waals surface area contributed by atoms with Crippen LogP contribution in [0.15, 0.2) is 16.6 Å². The number of halogens is 1. The smallest absolute Gasteiger partial charge is 0.261 e. The molecule has 0 bridgehead atoms. The van der Waals surface area contributed by atoms with Crippen molar-refractivity contribution in [1.82, 2.24) is 10.6 Å². The summed E-state index contributed by atoms with van der Waals surface area (Å²) in [7, 11) is 0. The number of aryl methyl sites for hydroxylation is 1. The number of hydrogen-bond donors (Lipinski definition) is 2. The van der Waals surface area contributed by atoms with Crippen molar-refractivity contribution in [2.75, 3.05) is 13.1 Å². The molecule has 116 valence electrons. The van der Waals surface area contributed by atoms with Gasteiger partial charge in [-0.05, 0) is 50.4 Å². The Kier molecular flexibility index (Phi) is 6.06. The van der Waals surface area contributed by atoms with E-state index in [-0.39, 0.29) is 12.0 Å². The molecule has 1 aliphatic rings. The van der Waals surface area contributed by atoms with Gasteiger partial charge in [-0.3, -0.25) is 4.79 Å². The highest BCUT2D eigenvalue weighted by Gasteiger charge is 2.24. The first kappa shape index (κ1) is 16.3. The van der Waals surface area contributed by atoms with Gasteiger partial charge in [-0.2, -0.15) is 0 Å². The molecule has 2 N–H and O–H groups in total. The highest BCUT2D eigenvalue weighted by molar-refractivity contribution is 9.10. The molecule has 1 aromatic rings. The summed E-state index contributed by atoms with van der Waals surface area (Å²) in [5.74, 6) is 0.838. The first-order chi connectivity index (χ1) is 10.1. The van der Waals surface area contributed by atoms with Crippen LogP contribution in [0.1, 0.15) is 37.3 Å². The van der Waals surface area contributed by atoms with E-state index in [1.54, 1.807) is 0 Å². The van der Waals surface area contributed by atoms with Gasteiger partial charge in [0.15, 0.2) is 6.10 Å². The zero-order chi connectivity index (χ0) is 15.2. The minimum absolute atomic E-state index is 0.00391. The Balaban J connectivity index is 2.22. The van der Waals surface area contributed by atoms with Gasteiger partial charge < -0.3 is 15.4 Å². The lowest BCUT2D eigenvalue weighted by atomic mass is 10.1. The van der Waals surface area contributed by atoms with Crippen molar-refractivity contribution < 1.29 is 9.53 Å². The van der Waals surface area contributed by atoms with Crippen LogP contribution in [0.25, 0.3) is 0 Å². The van der Waals surface area contributed by atoms with E-state index in [1.807, 2.05) is 13.0 Å². The van der Waals surface area contributed by atoms with Crippen LogP contribution in [0, 0.1) is 6.92 Å². The minimum atomic E-state index is -0.382. The van der Waals surface area contributed by atoms with Crippen LogP contribution in [0.3, 0.4) is 0 Å². The summed E-state index contributed by atoms with van der Waals surface area (Å²) in [6, 6.07) is 4.08. The molecule has 1 aliphatic heterocycles. The van der Waals surface area contributed by atoms with E-state index >= 15 is 0 Å². The average Bonchev–Trinajstić information content (AvgIpc) is 2.64. The number of rotatable bonds is 5. The van der Waals surface area contributed by atoms with Crippen molar-refractivity contribution in [1.29, 1.82) is 0 Å². The Hall–Kier alpha value is -1.07. The molecule has 1 fully saturated rings. The van der Waals surface area contributed by atoms with Gasteiger partial charge in [-0.1, -0.05) is 22.9 Å². The Morgan fingerprint density at radius 3 is 3.00 bits per heavy atom. The predicted molar refractivity (Wildman–Crippen MR) is 87.5 cm³/mol. The molecular formula is C16H23BrN2O2.